The number of hydrogen-bond acceptors (Lipinski definition) is 3. The summed E-state index contributed by atoms with van der Waals surface area (Å²) in [4.78, 5) is 24.0. The van der Waals surface area contributed by atoms with Gasteiger partial charge in [0.2, 0.25) is 5.91 Å². The van der Waals surface area contributed by atoms with Crippen LogP contribution >= 0.6 is 0 Å². The minimum atomic E-state index is -1.15. The quantitative estimate of drug-likeness (QED) is 0.832. The van der Waals surface area contributed by atoms with Crippen LogP contribution in [0.4, 0.5) is 4.39 Å². The molecule has 2 aromatic rings. The zero-order valence-corrected chi connectivity index (χ0v) is 14.4. The molecular weight excluding hydrogens is 337 g/mol. The van der Waals surface area contributed by atoms with Gasteiger partial charge in [-0.15, -0.1) is 0 Å². The molecule has 0 aromatic heterocycles. The number of ether oxygens (including phenoxy) is 1. The SMILES string of the molecule is CC(CC(=O)NC(C(=O)O)c1ccc2c(c1)CCO2)c1ccccc1F. The van der Waals surface area contributed by atoms with Crippen LogP contribution in [0.2, 0.25) is 0 Å². The van der Waals surface area contributed by atoms with Gasteiger partial charge in [0.15, 0.2) is 6.04 Å². The zero-order chi connectivity index (χ0) is 18.7. The van der Waals surface area contributed by atoms with E-state index >= 15 is 0 Å². The van der Waals surface area contributed by atoms with Crippen LogP contribution in [0.15, 0.2) is 42.5 Å². The number of carbonyl (C=O) groups excluding carboxylic acids is 1. The monoisotopic (exact) mass is 357 g/mol. The summed E-state index contributed by atoms with van der Waals surface area (Å²) in [5.41, 5.74) is 1.86. The number of aliphatic carboxylic acids is 1. The molecule has 0 bridgehead atoms. The molecule has 0 fully saturated rings. The van der Waals surface area contributed by atoms with Gasteiger partial charge >= 0.3 is 5.97 Å². The second-order valence-corrected chi connectivity index (χ2v) is 6.43. The molecule has 2 aromatic carbocycles. The Balaban J connectivity index is 1.71. The number of halogens is 1. The van der Waals surface area contributed by atoms with Crippen molar-refractivity contribution in [1.29, 1.82) is 0 Å². The first kappa shape index (κ1) is 17.9. The number of hydrogen-bond donors (Lipinski definition) is 2. The Morgan fingerprint density at radius 3 is 2.77 bits per heavy atom. The molecule has 2 atom stereocenters. The summed E-state index contributed by atoms with van der Waals surface area (Å²) in [6.45, 7) is 2.31. The molecule has 0 spiro atoms. The lowest BCUT2D eigenvalue weighted by molar-refractivity contribution is -0.142. The van der Waals surface area contributed by atoms with Crippen LogP contribution in [-0.2, 0) is 16.0 Å². The van der Waals surface area contributed by atoms with Crippen molar-refractivity contribution in [2.45, 2.75) is 31.7 Å². The highest BCUT2D eigenvalue weighted by Gasteiger charge is 2.25. The Hall–Kier alpha value is -2.89. The predicted octanol–water partition coefficient (Wildman–Crippen LogP) is 3.20. The molecule has 3 rings (SSSR count). The molecule has 1 aliphatic heterocycles. The highest BCUT2D eigenvalue weighted by Crippen LogP contribution is 2.29. The fourth-order valence-electron chi connectivity index (χ4n) is 3.16. The van der Waals surface area contributed by atoms with Crippen molar-refractivity contribution in [3.63, 3.8) is 0 Å². The van der Waals surface area contributed by atoms with Crippen molar-refractivity contribution in [2.75, 3.05) is 6.61 Å². The highest BCUT2D eigenvalue weighted by atomic mass is 19.1. The Morgan fingerprint density at radius 2 is 2.04 bits per heavy atom. The Labute approximate surface area is 150 Å². The van der Waals surface area contributed by atoms with E-state index in [1.54, 1.807) is 43.3 Å². The van der Waals surface area contributed by atoms with Crippen molar-refractivity contribution in [3.8, 4) is 5.75 Å². The number of benzene rings is 2. The molecule has 26 heavy (non-hydrogen) atoms. The van der Waals surface area contributed by atoms with Crippen LogP contribution in [0.5, 0.6) is 5.75 Å². The van der Waals surface area contributed by atoms with Crippen LogP contribution in [0, 0.1) is 5.82 Å². The molecule has 0 saturated heterocycles. The summed E-state index contributed by atoms with van der Waals surface area (Å²) >= 11 is 0. The van der Waals surface area contributed by atoms with Gasteiger partial charge in [-0.05, 0) is 40.8 Å². The van der Waals surface area contributed by atoms with E-state index in [2.05, 4.69) is 5.32 Å². The second kappa shape index (κ2) is 7.56. The number of rotatable bonds is 6. The van der Waals surface area contributed by atoms with Crippen molar-refractivity contribution >= 4 is 11.9 Å². The highest BCUT2D eigenvalue weighted by molar-refractivity contribution is 5.85. The average molecular weight is 357 g/mol. The lowest BCUT2D eigenvalue weighted by atomic mass is 9.96. The van der Waals surface area contributed by atoms with Crippen LogP contribution in [0.3, 0.4) is 0 Å². The number of carboxylic acids is 1. The maximum atomic E-state index is 13.8. The lowest BCUT2D eigenvalue weighted by Crippen LogP contribution is -2.34. The van der Waals surface area contributed by atoms with Gasteiger partial charge in [-0.1, -0.05) is 31.2 Å². The smallest absolute Gasteiger partial charge is 0.330 e. The lowest BCUT2D eigenvalue weighted by Gasteiger charge is -2.18. The molecule has 2 unspecified atom stereocenters. The average Bonchev–Trinajstić information content (AvgIpc) is 3.07. The van der Waals surface area contributed by atoms with E-state index in [-0.39, 0.29) is 18.2 Å². The van der Waals surface area contributed by atoms with E-state index in [0.29, 0.717) is 24.2 Å². The number of nitrogens with one attached hydrogen (secondary N) is 1. The Morgan fingerprint density at radius 1 is 1.27 bits per heavy atom. The maximum Gasteiger partial charge on any atom is 0.330 e. The summed E-state index contributed by atoms with van der Waals surface area (Å²) in [5, 5.41) is 12.1. The normalized spacial score (nSPS) is 14.8. The van der Waals surface area contributed by atoms with Gasteiger partial charge < -0.3 is 15.2 Å². The first-order valence-corrected chi connectivity index (χ1v) is 8.48. The van der Waals surface area contributed by atoms with Gasteiger partial charge in [-0.3, -0.25) is 4.79 Å². The summed E-state index contributed by atoms with van der Waals surface area (Å²) in [6.07, 6.45) is 0.715. The Bertz CT molecular complexity index is 836. The molecule has 6 heteroatoms. The first-order valence-electron chi connectivity index (χ1n) is 8.48. The largest absolute Gasteiger partial charge is 0.493 e. The summed E-state index contributed by atoms with van der Waals surface area (Å²) in [7, 11) is 0. The summed E-state index contributed by atoms with van der Waals surface area (Å²) in [6, 6.07) is 10.2. The molecule has 1 amide bonds. The van der Waals surface area contributed by atoms with Crippen molar-refractivity contribution in [2.24, 2.45) is 0 Å². The van der Waals surface area contributed by atoms with Crippen LogP contribution in [0.1, 0.15) is 42.0 Å². The molecule has 0 saturated carbocycles. The fraction of sp³-hybridized carbons (Fsp3) is 0.300. The van der Waals surface area contributed by atoms with Gasteiger partial charge in [-0.2, -0.15) is 0 Å². The van der Waals surface area contributed by atoms with Crippen LogP contribution in [0.25, 0.3) is 0 Å². The maximum absolute atomic E-state index is 13.8. The molecule has 1 aliphatic rings. The third kappa shape index (κ3) is 3.85. The number of carboxylic acid groups (broad SMARTS) is 1. The van der Waals surface area contributed by atoms with Gasteiger partial charge in [0.05, 0.1) is 6.61 Å². The van der Waals surface area contributed by atoms with E-state index in [4.69, 9.17) is 4.74 Å². The third-order valence-electron chi connectivity index (χ3n) is 4.53. The van der Waals surface area contributed by atoms with E-state index in [1.807, 2.05) is 0 Å². The van der Waals surface area contributed by atoms with Gasteiger partial charge in [0, 0.05) is 12.8 Å². The summed E-state index contributed by atoms with van der Waals surface area (Å²) < 4.78 is 19.3. The van der Waals surface area contributed by atoms with E-state index in [9.17, 15) is 19.1 Å². The van der Waals surface area contributed by atoms with E-state index in [0.717, 1.165) is 11.3 Å². The van der Waals surface area contributed by atoms with Crippen LogP contribution in [-0.4, -0.2) is 23.6 Å². The molecule has 0 aliphatic carbocycles. The molecule has 1 heterocycles. The second-order valence-electron chi connectivity index (χ2n) is 6.43. The number of fused-ring (bicyclic) bond motifs is 1. The van der Waals surface area contributed by atoms with Gasteiger partial charge in [0.1, 0.15) is 11.6 Å². The van der Waals surface area contributed by atoms with Crippen LogP contribution < -0.4 is 10.1 Å². The van der Waals surface area contributed by atoms with Gasteiger partial charge in [0.25, 0.3) is 0 Å². The molecule has 2 N–H and O–H groups in total. The Kier molecular flexibility index (Phi) is 5.21. The third-order valence-corrected chi connectivity index (χ3v) is 4.53. The molecule has 5 nitrogen and oxygen atoms in total. The predicted molar refractivity (Wildman–Crippen MR) is 93.6 cm³/mol. The summed E-state index contributed by atoms with van der Waals surface area (Å²) in [5.74, 6) is -1.57. The van der Waals surface area contributed by atoms with Crippen molar-refractivity contribution in [1.82, 2.24) is 5.32 Å². The standard InChI is InChI=1S/C20H20FNO4/c1-12(15-4-2-3-5-16(15)21)10-18(23)22-19(20(24)25)14-6-7-17-13(11-14)8-9-26-17/h2-7,11-12,19H,8-10H2,1H3,(H,22,23)(H,24,25). The first-order chi connectivity index (χ1) is 12.5. The van der Waals surface area contributed by atoms with Gasteiger partial charge in [-0.25, -0.2) is 9.18 Å². The van der Waals surface area contributed by atoms with Crippen molar-refractivity contribution in [3.05, 3.63) is 65.0 Å². The number of amides is 1. The minimum Gasteiger partial charge on any atom is -0.493 e. The fourth-order valence-corrected chi connectivity index (χ4v) is 3.16. The molecular formula is C20H20FNO4. The zero-order valence-electron chi connectivity index (χ0n) is 14.4. The topological polar surface area (TPSA) is 75.6 Å². The number of carbonyl (C=O) groups is 2. The molecule has 0 radical (unpaired) electrons. The van der Waals surface area contributed by atoms with Crippen molar-refractivity contribution < 1.29 is 23.8 Å². The van der Waals surface area contributed by atoms with E-state index in [1.165, 1.54) is 6.07 Å². The minimum absolute atomic E-state index is 0.00123. The van der Waals surface area contributed by atoms with E-state index < -0.39 is 17.9 Å². The molecule has 136 valence electrons.